The van der Waals surface area contributed by atoms with Gasteiger partial charge in [-0.25, -0.2) is 4.39 Å². The van der Waals surface area contributed by atoms with Gasteiger partial charge in [0.2, 0.25) is 0 Å². The predicted octanol–water partition coefficient (Wildman–Crippen LogP) is 3.96. The number of benzene rings is 1. The van der Waals surface area contributed by atoms with E-state index in [0.717, 1.165) is 24.0 Å². The highest BCUT2D eigenvalue weighted by atomic mass is 19.1. The van der Waals surface area contributed by atoms with Gasteiger partial charge in [-0.05, 0) is 61.9 Å². The van der Waals surface area contributed by atoms with E-state index in [1.54, 1.807) is 12.1 Å². The van der Waals surface area contributed by atoms with Crippen molar-refractivity contribution in [2.75, 3.05) is 26.2 Å². The topological polar surface area (TPSA) is 12.5 Å². The van der Waals surface area contributed by atoms with Gasteiger partial charge in [-0.1, -0.05) is 13.8 Å². The molecule has 0 radical (unpaired) electrons. The molecule has 0 spiro atoms. The molecule has 1 aromatic rings. The zero-order valence-corrected chi connectivity index (χ0v) is 12.6. The number of piperidine rings is 1. The molecule has 0 amide bonds. The van der Waals surface area contributed by atoms with Crippen molar-refractivity contribution in [1.82, 2.24) is 4.90 Å². The summed E-state index contributed by atoms with van der Waals surface area (Å²) in [5.74, 6) is 2.20. The van der Waals surface area contributed by atoms with Crippen LogP contribution in [0.5, 0.6) is 5.75 Å². The molecule has 2 atom stereocenters. The molecule has 0 N–H and O–H groups in total. The number of likely N-dealkylation sites (tertiary alicyclic amines) is 1. The SMILES string of the molecule is C[C@@H]1C[C@H](C)CN(CCCCOc2ccc(F)cc2)C1. The van der Waals surface area contributed by atoms with Gasteiger partial charge in [0.05, 0.1) is 6.61 Å². The molecular formula is C17H26FNO. The van der Waals surface area contributed by atoms with Gasteiger partial charge in [0.25, 0.3) is 0 Å². The molecule has 1 aromatic carbocycles. The molecule has 0 aromatic heterocycles. The Hall–Kier alpha value is -1.09. The molecular weight excluding hydrogens is 253 g/mol. The van der Waals surface area contributed by atoms with E-state index in [2.05, 4.69) is 18.7 Å². The number of nitrogens with zero attached hydrogens (tertiary/aromatic N) is 1. The van der Waals surface area contributed by atoms with E-state index >= 15 is 0 Å². The lowest BCUT2D eigenvalue weighted by Crippen LogP contribution is -2.39. The lowest BCUT2D eigenvalue weighted by Gasteiger charge is -2.34. The highest BCUT2D eigenvalue weighted by molar-refractivity contribution is 5.21. The third-order valence-corrected chi connectivity index (χ3v) is 3.90. The number of hydrogen-bond donors (Lipinski definition) is 0. The number of halogens is 1. The summed E-state index contributed by atoms with van der Waals surface area (Å²) in [6.45, 7) is 9.05. The number of unbranched alkanes of at least 4 members (excludes halogenated alkanes) is 1. The number of hydrogen-bond acceptors (Lipinski definition) is 2. The molecule has 0 saturated carbocycles. The summed E-state index contributed by atoms with van der Waals surface area (Å²) in [4.78, 5) is 2.58. The first kappa shape index (κ1) is 15.3. The Bertz CT molecular complexity index is 382. The van der Waals surface area contributed by atoms with E-state index in [9.17, 15) is 4.39 Å². The smallest absolute Gasteiger partial charge is 0.123 e. The van der Waals surface area contributed by atoms with E-state index in [1.807, 2.05) is 0 Å². The van der Waals surface area contributed by atoms with Crippen LogP contribution in [0.1, 0.15) is 33.1 Å². The Morgan fingerprint density at radius 2 is 1.75 bits per heavy atom. The average molecular weight is 279 g/mol. The van der Waals surface area contributed by atoms with E-state index in [-0.39, 0.29) is 5.82 Å². The van der Waals surface area contributed by atoms with Crippen molar-refractivity contribution in [2.45, 2.75) is 33.1 Å². The van der Waals surface area contributed by atoms with Crippen molar-refractivity contribution in [3.63, 3.8) is 0 Å². The lowest BCUT2D eigenvalue weighted by atomic mass is 9.92. The van der Waals surface area contributed by atoms with Crippen molar-refractivity contribution in [3.05, 3.63) is 30.1 Å². The van der Waals surface area contributed by atoms with Crippen LogP contribution in [0.25, 0.3) is 0 Å². The van der Waals surface area contributed by atoms with E-state index in [4.69, 9.17) is 4.74 Å². The Morgan fingerprint density at radius 1 is 1.10 bits per heavy atom. The van der Waals surface area contributed by atoms with Crippen molar-refractivity contribution < 1.29 is 9.13 Å². The molecule has 1 saturated heterocycles. The summed E-state index contributed by atoms with van der Waals surface area (Å²) < 4.78 is 18.3. The third-order valence-electron chi connectivity index (χ3n) is 3.90. The van der Waals surface area contributed by atoms with Gasteiger partial charge in [-0.2, -0.15) is 0 Å². The van der Waals surface area contributed by atoms with Crippen molar-refractivity contribution in [3.8, 4) is 5.75 Å². The maximum absolute atomic E-state index is 12.7. The summed E-state index contributed by atoms with van der Waals surface area (Å²) in [7, 11) is 0. The van der Waals surface area contributed by atoms with Gasteiger partial charge < -0.3 is 9.64 Å². The first-order valence-corrected chi connectivity index (χ1v) is 7.74. The Labute approximate surface area is 121 Å². The second-order valence-corrected chi connectivity index (χ2v) is 6.22. The predicted molar refractivity (Wildman–Crippen MR) is 80.5 cm³/mol. The first-order valence-electron chi connectivity index (χ1n) is 7.74. The van der Waals surface area contributed by atoms with Crippen LogP contribution in [0.3, 0.4) is 0 Å². The molecule has 3 heteroatoms. The lowest BCUT2D eigenvalue weighted by molar-refractivity contribution is 0.136. The molecule has 0 unspecified atom stereocenters. The first-order chi connectivity index (χ1) is 9.63. The fourth-order valence-corrected chi connectivity index (χ4v) is 3.13. The summed E-state index contributed by atoms with van der Waals surface area (Å²) in [6.07, 6.45) is 3.58. The molecule has 1 heterocycles. The summed E-state index contributed by atoms with van der Waals surface area (Å²) >= 11 is 0. The van der Waals surface area contributed by atoms with E-state index in [0.29, 0.717) is 6.61 Å². The van der Waals surface area contributed by atoms with Gasteiger partial charge in [-0.3, -0.25) is 0 Å². The van der Waals surface area contributed by atoms with Crippen LogP contribution in [0.15, 0.2) is 24.3 Å². The van der Waals surface area contributed by atoms with Crippen LogP contribution in [0.2, 0.25) is 0 Å². The van der Waals surface area contributed by atoms with Crippen molar-refractivity contribution in [2.24, 2.45) is 11.8 Å². The van der Waals surface area contributed by atoms with Crippen LogP contribution in [-0.2, 0) is 0 Å². The fourth-order valence-electron chi connectivity index (χ4n) is 3.13. The van der Waals surface area contributed by atoms with Crippen LogP contribution in [-0.4, -0.2) is 31.1 Å². The molecule has 112 valence electrons. The van der Waals surface area contributed by atoms with Gasteiger partial charge in [0, 0.05) is 13.1 Å². The second kappa shape index (κ2) is 7.63. The van der Waals surface area contributed by atoms with Gasteiger partial charge >= 0.3 is 0 Å². The molecule has 2 nitrogen and oxygen atoms in total. The van der Waals surface area contributed by atoms with Crippen LogP contribution in [0.4, 0.5) is 4.39 Å². The van der Waals surface area contributed by atoms with E-state index < -0.39 is 0 Å². The zero-order valence-electron chi connectivity index (χ0n) is 12.6. The fraction of sp³-hybridized carbons (Fsp3) is 0.647. The Kier molecular flexibility index (Phi) is 5.84. The largest absolute Gasteiger partial charge is 0.494 e. The normalized spacial score (nSPS) is 23.8. The quantitative estimate of drug-likeness (QED) is 0.731. The summed E-state index contributed by atoms with van der Waals surface area (Å²) in [6, 6.07) is 6.24. The zero-order chi connectivity index (χ0) is 14.4. The Morgan fingerprint density at radius 3 is 2.40 bits per heavy atom. The molecule has 1 aliphatic rings. The van der Waals surface area contributed by atoms with Crippen molar-refractivity contribution >= 4 is 0 Å². The summed E-state index contributed by atoms with van der Waals surface area (Å²) in [5.41, 5.74) is 0. The maximum atomic E-state index is 12.7. The van der Waals surface area contributed by atoms with Crippen LogP contribution in [0, 0.1) is 17.7 Å². The molecule has 2 rings (SSSR count). The minimum atomic E-state index is -0.217. The van der Waals surface area contributed by atoms with Crippen LogP contribution >= 0.6 is 0 Å². The van der Waals surface area contributed by atoms with Gasteiger partial charge in [0.1, 0.15) is 11.6 Å². The van der Waals surface area contributed by atoms with Crippen LogP contribution < -0.4 is 4.74 Å². The molecule has 1 aliphatic heterocycles. The minimum absolute atomic E-state index is 0.217. The highest BCUT2D eigenvalue weighted by Gasteiger charge is 2.20. The number of ether oxygens (including phenoxy) is 1. The number of rotatable bonds is 6. The van der Waals surface area contributed by atoms with Gasteiger partial charge in [-0.15, -0.1) is 0 Å². The monoisotopic (exact) mass is 279 g/mol. The second-order valence-electron chi connectivity index (χ2n) is 6.22. The third kappa shape index (κ3) is 5.12. The summed E-state index contributed by atoms with van der Waals surface area (Å²) in [5, 5.41) is 0. The standard InChI is InChI=1S/C17H26FNO/c1-14-11-15(2)13-19(12-14)9-3-4-10-20-17-7-5-16(18)6-8-17/h5-8,14-15H,3-4,9-13H2,1-2H3/t14-,15+. The minimum Gasteiger partial charge on any atom is -0.494 e. The van der Waals surface area contributed by atoms with E-state index in [1.165, 1.54) is 44.6 Å². The van der Waals surface area contributed by atoms with Crippen molar-refractivity contribution in [1.29, 1.82) is 0 Å². The molecule has 1 fully saturated rings. The molecule has 20 heavy (non-hydrogen) atoms. The highest BCUT2D eigenvalue weighted by Crippen LogP contribution is 2.21. The molecule has 0 bridgehead atoms. The Balaban J connectivity index is 1.58. The molecule has 0 aliphatic carbocycles. The maximum Gasteiger partial charge on any atom is 0.123 e. The average Bonchev–Trinajstić information content (AvgIpc) is 2.39. The van der Waals surface area contributed by atoms with Gasteiger partial charge in [0.15, 0.2) is 0 Å².